The summed E-state index contributed by atoms with van der Waals surface area (Å²) < 4.78 is 0. The predicted molar refractivity (Wildman–Crippen MR) is 41.8 cm³/mol. The van der Waals surface area contributed by atoms with Crippen molar-refractivity contribution in [2.24, 2.45) is 0 Å². The van der Waals surface area contributed by atoms with Crippen LogP contribution in [0.2, 0.25) is 0 Å². The Kier molecular flexibility index (Phi) is 440. The Morgan fingerprint density at radius 2 is 1.00 bits per heavy atom. The van der Waals surface area contributed by atoms with Crippen molar-refractivity contribution in [1.82, 2.24) is 0 Å². The van der Waals surface area contributed by atoms with Crippen LogP contribution in [0.5, 0.6) is 0 Å². The maximum absolute atomic E-state index is 7.57. The summed E-state index contributed by atoms with van der Waals surface area (Å²) in [5.74, 6) is 0. The molecule has 0 aromatic heterocycles. The molecule has 0 atom stereocenters. The molecule has 1 N–H and O–H groups in total. The van der Waals surface area contributed by atoms with Crippen molar-refractivity contribution >= 4 is 49.6 Å². The Bertz CT molecular complexity index is 14.0. The zero-order valence-electron chi connectivity index (χ0n) is 4.29. The minimum absolute atomic E-state index is 0. The second-order valence-corrected chi connectivity index (χ2v) is 0.316. The molecule has 0 amide bonds. The van der Waals surface area contributed by atoms with Crippen molar-refractivity contribution in [2.45, 2.75) is 6.92 Å². The van der Waals surface area contributed by atoms with Crippen molar-refractivity contribution in [3.63, 3.8) is 0 Å². The second kappa shape index (κ2) is 67.5. The van der Waals surface area contributed by atoms with E-state index in [-0.39, 0.29) is 78.0 Å². The molecule has 0 fully saturated rings. The first-order valence-electron chi connectivity index (χ1n) is 1.02. The Morgan fingerprint density at radius 1 is 1.00 bits per heavy atom. The standard InChI is InChI=1S/C2H6O.4ClH.Ti/c1-2-3;;;;;/h3H,2H2,1H3;4*1H;. The molecule has 0 aromatic rings. The fourth-order valence-electron chi connectivity index (χ4n) is 0. The minimum Gasteiger partial charge on any atom is -0.397 e. The van der Waals surface area contributed by atoms with E-state index in [1.807, 2.05) is 0 Å². The number of aliphatic hydroxyl groups is 1. The van der Waals surface area contributed by atoms with E-state index in [0.717, 1.165) is 0 Å². The maximum atomic E-state index is 7.57. The SMILES string of the molecule is CCO.Cl.Cl.Cl.Cl.[Ti]. The van der Waals surface area contributed by atoms with Gasteiger partial charge in [-0.05, 0) is 6.92 Å². The van der Waals surface area contributed by atoms with Crippen LogP contribution in [0.1, 0.15) is 6.92 Å². The monoisotopic (exact) mass is 238 g/mol. The molecule has 0 unspecified atom stereocenters. The summed E-state index contributed by atoms with van der Waals surface area (Å²) in [5.41, 5.74) is 0. The number of aliphatic hydroxyl groups excluding tert-OH is 1. The molecule has 56 valence electrons. The van der Waals surface area contributed by atoms with E-state index in [4.69, 9.17) is 5.11 Å². The molecule has 0 aliphatic carbocycles. The third kappa shape index (κ3) is 109. The van der Waals surface area contributed by atoms with Crippen LogP contribution in [-0.4, -0.2) is 11.7 Å². The van der Waals surface area contributed by atoms with Crippen LogP contribution in [0.15, 0.2) is 0 Å². The fraction of sp³-hybridized carbons (Fsp3) is 1.00. The summed E-state index contributed by atoms with van der Waals surface area (Å²) in [7, 11) is 0. The van der Waals surface area contributed by atoms with Crippen LogP contribution in [0.25, 0.3) is 0 Å². The van der Waals surface area contributed by atoms with Gasteiger partial charge >= 0.3 is 0 Å². The second-order valence-electron chi connectivity index (χ2n) is 0.316. The first kappa shape index (κ1) is 52.2. The average Bonchev–Trinajstić information content (AvgIpc) is 0.918. The fourth-order valence-corrected chi connectivity index (χ4v) is 0. The van der Waals surface area contributed by atoms with Crippen LogP contribution in [0.3, 0.4) is 0 Å². The van der Waals surface area contributed by atoms with E-state index < -0.39 is 0 Å². The van der Waals surface area contributed by atoms with Gasteiger partial charge in [0, 0.05) is 28.3 Å². The maximum Gasteiger partial charge on any atom is 0.0402 e. The van der Waals surface area contributed by atoms with Gasteiger partial charge in [0.1, 0.15) is 0 Å². The van der Waals surface area contributed by atoms with Crippen molar-refractivity contribution in [3.05, 3.63) is 0 Å². The number of rotatable bonds is 0. The van der Waals surface area contributed by atoms with Gasteiger partial charge in [-0.2, -0.15) is 0 Å². The van der Waals surface area contributed by atoms with Crippen LogP contribution in [-0.2, 0) is 21.7 Å². The Balaban J connectivity index is -0.00000000200. The van der Waals surface area contributed by atoms with Crippen molar-refractivity contribution < 1.29 is 26.8 Å². The molecule has 1 nitrogen and oxygen atoms in total. The summed E-state index contributed by atoms with van der Waals surface area (Å²) >= 11 is 0. The Hall–Kier alpha value is 1.83. The molecule has 6 heteroatoms. The van der Waals surface area contributed by atoms with Gasteiger partial charge in [-0.3, -0.25) is 0 Å². The third-order valence-corrected chi connectivity index (χ3v) is 0. The zero-order chi connectivity index (χ0) is 2.71. The molecule has 0 bridgehead atoms. The normalized spacial score (nSPS) is 2.25. The van der Waals surface area contributed by atoms with E-state index in [0.29, 0.717) is 0 Å². The van der Waals surface area contributed by atoms with Crippen molar-refractivity contribution in [1.29, 1.82) is 0 Å². The molecule has 0 radical (unpaired) electrons. The van der Waals surface area contributed by atoms with Gasteiger partial charge in [0.25, 0.3) is 0 Å². The van der Waals surface area contributed by atoms with E-state index in [9.17, 15) is 0 Å². The number of hydrogen-bond donors (Lipinski definition) is 1. The van der Waals surface area contributed by atoms with Crippen molar-refractivity contribution in [2.75, 3.05) is 6.61 Å². The van der Waals surface area contributed by atoms with Gasteiger partial charge < -0.3 is 5.11 Å². The molecule has 0 aromatic carbocycles. The molecule has 0 aliphatic rings. The van der Waals surface area contributed by atoms with Gasteiger partial charge in [-0.15, -0.1) is 49.6 Å². The quantitative estimate of drug-likeness (QED) is 0.638. The molecule has 0 heterocycles. The minimum atomic E-state index is 0. The van der Waals surface area contributed by atoms with Crippen molar-refractivity contribution in [3.8, 4) is 0 Å². The van der Waals surface area contributed by atoms with Gasteiger partial charge in [-0.25, -0.2) is 0 Å². The molecule has 0 spiro atoms. The Morgan fingerprint density at radius 3 is 1.00 bits per heavy atom. The van der Waals surface area contributed by atoms with E-state index >= 15 is 0 Å². The van der Waals surface area contributed by atoms with Crippen LogP contribution < -0.4 is 0 Å². The number of halogens is 4. The van der Waals surface area contributed by atoms with E-state index in [1.165, 1.54) is 0 Å². The molecular weight excluding hydrogens is 230 g/mol. The molecular formula is C2H10Cl4OTi. The van der Waals surface area contributed by atoms with Gasteiger partial charge in [0.2, 0.25) is 0 Å². The first-order chi connectivity index (χ1) is 1.41. The van der Waals surface area contributed by atoms with E-state index in [2.05, 4.69) is 0 Å². The summed E-state index contributed by atoms with van der Waals surface area (Å²) in [6.45, 7) is 1.93. The summed E-state index contributed by atoms with van der Waals surface area (Å²) in [6.07, 6.45) is 0. The smallest absolute Gasteiger partial charge is 0.0402 e. The molecule has 8 heavy (non-hydrogen) atoms. The van der Waals surface area contributed by atoms with Gasteiger partial charge in [0.15, 0.2) is 0 Å². The first-order valence-corrected chi connectivity index (χ1v) is 1.02. The van der Waals surface area contributed by atoms with Crippen LogP contribution >= 0.6 is 49.6 Å². The molecule has 0 rings (SSSR count). The van der Waals surface area contributed by atoms with Gasteiger partial charge in [-0.1, -0.05) is 0 Å². The van der Waals surface area contributed by atoms with Crippen LogP contribution in [0, 0.1) is 0 Å². The largest absolute Gasteiger partial charge is 0.397 e. The predicted octanol–water partition coefficient (Wildman–Crippen LogP) is 1.68. The van der Waals surface area contributed by atoms with Gasteiger partial charge in [0.05, 0.1) is 0 Å². The topological polar surface area (TPSA) is 20.2 Å². The Labute approximate surface area is 89.5 Å². The molecule has 0 saturated heterocycles. The number of hydrogen-bond acceptors (Lipinski definition) is 1. The summed E-state index contributed by atoms with van der Waals surface area (Å²) in [6, 6.07) is 0. The molecule has 0 saturated carbocycles. The molecule has 0 aliphatic heterocycles. The average molecular weight is 240 g/mol. The third-order valence-electron chi connectivity index (χ3n) is 0. The summed E-state index contributed by atoms with van der Waals surface area (Å²) in [4.78, 5) is 0. The zero-order valence-corrected chi connectivity index (χ0v) is 9.11. The summed E-state index contributed by atoms with van der Waals surface area (Å²) in [5, 5.41) is 7.57. The van der Waals surface area contributed by atoms with E-state index in [1.54, 1.807) is 6.92 Å². The van der Waals surface area contributed by atoms with Crippen LogP contribution in [0.4, 0.5) is 0 Å².